The minimum absolute atomic E-state index is 0.272. The van der Waals surface area contributed by atoms with E-state index in [1.54, 1.807) is 7.11 Å². The molecule has 1 atom stereocenters. The number of hydrogen-bond donors (Lipinski definition) is 1. The molecule has 0 saturated heterocycles. The lowest BCUT2D eigenvalue weighted by Gasteiger charge is -2.24. The van der Waals surface area contributed by atoms with Crippen molar-refractivity contribution in [1.82, 2.24) is 4.90 Å². The first-order chi connectivity index (χ1) is 14.6. The first kappa shape index (κ1) is 20.3. The fourth-order valence-corrected chi connectivity index (χ4v) is 3.75. The molecule has 30 heavy (non-hydrogen) atoms. The van der Waals surface area contributed by atoms with E-state index >= 15 is 0 Å². The zero-order valence-electron chi connectivity index (χ0n) is 17.4. The molecule has 1 aliphatic heterocycles. The van der Waals surface area contributed by atoms with Crippen molar-refractivity contribution in [2.75, 3.05) is 20.4 Å². The van der Waals surface area contributed by atoms with Crippen molar-refractivity contribution in [2.24, 2.45) is 0 Å². The minimum Gasteiger partial charge on any atom is -0.497 e. The van der Waals surface area contributed by atoms with Gasteiger partial charge in [0, 0.05) is 19.6 Å². The van der Waals surface area contributed by atoms with Gasteiger partial charge in [0.1, 0.15) is 5.75 Å². The van der Waals surface area contributed by atoms with E-state index in [-0.39, 0.29) is 6.79 Å². The summed E-state index contributed by atoms with van der Waals surface area (Å²) in [6.45, 7) is 4.13. The van der Waals surface area contributed by atoms with E-state index < -0.39 is 6.10 Å². The van der Waals surface area contributed by atoms with Gasteiger partial charge in [-0.3, -0.25) is 4.90 Å². The third-order valence-corrected chi connectivity index (χ3v) is 5.12. The van der Waals surface area contributed by atoms with Gasteiger partial charge in [0.25, 0.3) is 0 Å². The number of fused-ring (bicyclic) bond motifs is 1. The second kappa shape index (κ2) is 9.20. The second-order valence-corrected chi connectivity index (χ2v) is 7.64. The summed E-state index contributed by atoms with van der Waals surface area (Å²) in [5.41, 5.74) is 4.64. The molecule has 0 unspecified atom stereocenters. The number of rotatable bonds is 8. The van der Waals surface area contributed by atoms with Gasteiger partial charge in [-0.25, -0.2) is 0 Å². The second-order valence-electron chi connectivity index (χ2n) is 7.64. The topological polar surface area (TPSA) is 51.2 Å². The standard InChI is InChI=1S/C25H27NO4/c1-18(27)14-26(16-20-6-11-24-25(13-20)30-17-29-24)15-19-4-3-5-22(12-19)21-7-9-23(28-2)10-8-21/h3-13,18,27H,14-17H2,1-2H3/t18-/m1/s1. The van der Waals surface area contributed by atoms with Crippen LogP contribution in [0.5, 0.6) is 17.2 Å². The third-order valence-electron chi connectivity index (χ3n) is 5.12. The molecule has 0 spiro atoms. The molecular weight excluding hydrogens is 378 g/mol. The maximum atomic E-state index is 10.0. The Bertz CT molecular complexity index is 985. The lowest BCUT2D eigenvalue weighted by molar-refractivity contribution is 0.118. The number of aliphatic hydroxyl groups is 1. The highest BCUT2D eigenvalue weighted by atomic mass is 16.7. The summed E-state index contributed by atoms with van der Waals surface area (Å²) >= 11 is 0. The van der Waals surface area contributed by atoms with E-state index in [1.807, 2.05) is 31.2 Å². The van der Waals surface area contributed by atoms with Crippen LogP contribution in [0.1, 0.15) is 18.1 Å². The van der Waals surface area contributed by atoms with Crippen LogP contribution in [-0.4, -0.2) is 36.6 Å². The van der Waals surface area contributed by atoms with Gasteiger partial charge in [-0.15, -0.1) is 0 Å². The van der Waals surface area contributed by atoms with E-state index in [2.05, 4.69) is 47.4 Å². The molecule has 1 heterocycles. The molecule has 1 aliphatic rings. The van der Waals surface area contributed by atoms with Gasteiger partial charge < -0.3 is 19.3 Å². The van der Waals surface area contributed by atoms with E-state index in [1.165, 1.54) is 5.56 Å². The zero-order chi connectivity index (χ0) is 20.9. The fourth-order valence-electron chi connectivity index (χ4n) is 3.75. The number of benzene rings is 3. The molecule has 156 valence electrons. The summed E-state index contributed by atoms with van der Waals surface area (Å²) in [6.07, 6.45) is -0.413. The van der Waals surface area contributed by atoms with Crippen molar-refractivity contribution >= 4 is 0 Å². The predicted molar refractivity (Wildman–Crippen MR) is 117 cm³/mol. The summed E-state index contributed by atoms with van der Waals surface area (Å²) in [5.74, 6) is 2.42. The number of hydrogen-bond acceptors (Lipinski definition) is 5. The number of methoxy groups -OCH3 is 1. The van der Waals surface area contributed by atoms with Crippen molar-refractivity contribution in [3.63, 3.8) is 0 Å². The molecular formula is C25H27NO4. The van der Waals surface area contributed by atoms with Crippen LogP contribution in [-0.2, 0) is 13.1 Å². The molecule has 3 aromatic rings. The molecule has 0 aliphatic carbocycles. The van der Waals surface area contributed by atoms with Crippen LogP contribution in [0.25, 0.3) is 11.1 Å². The van der Waals surface area contributed by atoms with Crippen LogP contribution >= 0.6 is 0 Å². The zero-order valence-corrected chi connectivity index (χ0v) is 17.4. The summed E-state index contributed by atoms with van der Waals surface area (Å²) in [7, 11) is 1.67. The van der Waals surface area contributed by atoms with Gasteiger partial charge in [0.15, 0.2) is 11.5 Å². The summed E-state index contributed by atoms with van der Waals surface area (Å²) in [6, 6.07) is 22.6. The van der Waals surface area contributed by atoms with E-state index in [9.17, 15) is 5.11 Å². The Morgan fingerprint density at radius 2 is 1.63 bits per heavy atom. The van der Waals surface area contributed by atoms with E-state index in [4.69, 9.17) is 14.2 Å². The Balaban J connectivity index is 1.51. The Hall–Kier alpha value is -3.02. The Morgan fingerprint density at radius 3 is 2.37 bits per heavy atom. The summed E-state index contributed by atoms with van der Waals surface area (Å²) in [4.78, 5) is 2.25. The highest BCUT2D eigenvalue weighted by Gasteiger charge is 2.16. The Labute approximate surface area is 177 Å². The van der Waals surface area contributed by atoms with Crippen LogP contribution in [0, 0.1) is 0 Å². The Kier molecular flexibility index (Phi) is 6.21. The van der Waals surface area contributed by atoms with Crippen LogP contribution in [0.15, 0.2) is 66.7 Å². The van der Waals surface area contributed by atoms with Gasteiger partial charge >= 0.3 is 0 Å². The van der Waals surface area contributed by atoms with Gasteiger partial charge in [0.2, 0.25) is 6.79 Å². The molecule has 4 rings (SSSR count). The number of ether oxygens (including phenoxy) is 3. The van der Waals surface area contributed by atoms with E-state index in [0.29, 0.717) is 13.1 Å². The lowest BCUT2D eigenvalue weighted by atomic mass is 10.0. The van der Waals surface area contributed by atoms with Gasteiger partial charge in [-0.05, 0) is 59.5 Å². The molecule has 0 amide bonds. The minimum atomic E-state index is -0.413. The van der Waals surface area contributed by atoms with Crippen LogP contribution in [0.2, 0.25) is 0 Å². The Morgan fingerprint density at radius 1 is 0.900 bits per heavy atom. The third kappa shape index (κ3) is 4.93. The highest BCUT2D eigenvalue weighted by molar-refractivity contribution is 5.64. The van der Waals surface area contributed by atoms with Gasteiger partial charge in [-0.1, -0.05) is 36.4 Å². The largest absolute Gasteiger partial charge is 0.497 e. The molecule has 0 aromatic heterocycles. The monoisotopic (exact) mass is 405 g/mol. The lowest BCUT2D eigenvalue weighted by Crippen LogP contribution is -2.30. The molecule has 1 N–H and O–H groups in total. The number of aliphatic hydroxyl groups excluding tert-OH is 1. The maximum Gasteiger partial charge on any atom is 0.231 e. The van der Waals surface area contributed by atoms with Crippen LogP contribution in [0.3, 0.4) is 0 Å². The van der Waals surface area contributed by atoms with Crippen molar-refractivity contribution in [1.29, 1.82) is 0 Å². The predicted octanol–water partition coefficient (Wildman–Crippen LogP) is 4.47. The molecule has 5 nitrogen and oxygen atoms in total. The molecule has 0 fully saturated rings. The van der Waals surface area contributed by atoms with Crippen LogP contribution in [0.4, 0.5) is 0 Å². The quantitative estimate of drug-likeness (QED) is 0.599. The van der Waals surface area contributed by atoms with Crippen molar-refractivity contribution < 1.29 is 19.3 Å². The normalized spacial score (nSPS) is 13.5. The molecule has 3 aromatic carbocycles. The van der Waals surface area contributed by atoms with Gasteiger partial charge in [-0.2, -0.15) is 0 Å². The molecule has 0 bridgehead atoms. The fraction of sp³-hybridized carbons (Fsp3) is 0.280. The smallest absolute Gasteiger partial charge is 0.231 e. The summed E-state index contributed by atoms with van der Waals surface area (Å²) < 4.78 is 16.2. The van der Waals surface area contributed by atoms with Crippen LogP contribution < -0.4 is 14.2 Å². The van der Waals surface area contributed by atoms with E-state index in [0.717, 1.165) is 40.5 Å². The van der Waals surface area contributed by atoms with Crippen molar-refractivity contribution in [3.8, 4) is 28.4 Å². The molecule has 0 radical (unpaired) electrons. The maximum absolute atomic E-state index is 10.0. The molecule has 5 heteroatoms. The van der Waals surface area contributed by atoms with Crippen molar-refractivity contribution in [2.45, 2.75) is 26.1 Å². The van der Waals surface area contributed by atoms with Crippen molar-refractivity contribution in [3.05, 3.63) is 77.9 Å². The average molecular weight is 405 g/mol. The first-order valence-electron chi connectivity index (χ1n) is 10.1. The average Bonchev–Trinajstić information content (AvgIpc) is 3.21. The highest BCUT2D eigenvalue weighted by Crippen LogP contribution is 2.33. The summed E-state index contributed by atoms with van der Waals surface area (Å²) in [5, 5.41) is 10.0. The first-order valence-corrected chi connectivity index (χ1v) is 10.1. The van der Waals surface area contributed by atoms with Gasteiger partial charge in [0.05, 0.1) is 13.2 Å². The molecule has 0 saturated carbocycles. The SMILES string of the molecule is COc1ccc(-c2cccc(CN(Cc3ccc4c(c3)OCO4)C[C@@H](C)O)c2)cc1. The number of nitrogens with zero attached hydrogens (tertiary/aromatic N) is 1.